The molecule has 16 heteroatoms. The number of halogens is 3. The molecule has 0 unspecified atom stereocenters. The molecule has 0 aliphatic carbocycles. The van der Waals surface area contributed by atoms with Crippen molar-refractivity contribution in [2.75, 3.05) is 88.1 Å². The minimum absolute atomic E-state index is 0.0236. The fourth-order valence-corrected chi connectivity index (χ4v) is 6.67. The van der Waals surface area contributed by atoms with Crippen molar-refractivity contribution in [3.8, 4) is 0 Å². The number of carbonyl (C=O) groups is 2. The lowest BCUT2D eigenvalue weighted by atomic mass is 9.98. The average Bonchev–Trinajstić information content (AvgIpc) is 3.64. The van der Waals surface area contributed by atoms with Crippen molar-refractivity contribution in [1.29, 1.82) is 0 Å². The third-order valence-corrected chi connectivity index (χ3v) is 9.62. The first-order chi connectivity index (χ1) is 27.2. The van der Waals surface area contributed by atoms with Gasteiger partial charge in [0.05, 0.1) is 65.9 Å². The maximum atomic E-state index is 13.3. The monoisotopic (exact) mass is 793 g/mol. The van der Waals surface area contributed by atoms with E-state index in [1.165, 1.54) is 32.0 Å². The number of para-hydroxylation sites is 2. The summed E-state index contributed by atoms with van der Waals surface area (Å²) in [6.45, 7) is 7.62. The van der Waals surface area contributed by atoms with Gasteiger partial charge >= 0.3 is 18.1 Å². The Hall–Kier alpha value is -5.68. The van der Waals surface area contributed by atoms with Crippen molar-refractivity contribution in [3.63, 3.8) is 0 Å². The topological polar surface area (TPSA) is 182 Å². The van der Waals surface area contributed by atoms with Gasteiger partial charge in [-0.15, -0.1) is 0 Å². The van der Waals surface area contributed by atoms with Crippen molar-refractivity contribution in [2.45, 2.75) is 25.8 Å². The van der Waals surface area contributed by atoms with Crippen LogP contribution in [-0.4, -0.2) is 94.7 Å². The van der Waals surface area contributed by atoms with Crippen molar-refractivity contribution < 1.29 is 51.9 Å². The molecule has 4 aromatic rings. The molecule has 2 fully saturated rings. The highest BCUT2D eigenvalue weighted by atomic mass is 19.4. The minimum atomic E-state index is -4.47. The number of aliphatic imine (C=N–C) groups is 1. The smallest absolute Gasteiger partial charge is 0.416 e. The Bertz CT molecular complexity index is 2080. The van der Waals surface area contributed by atoms with Crippen LogP contribution in [0.15, 0.2) is 77.8 Å². The first-order valence-electron chi connectivity index (χ1n) is 18.1. The van der Waals surface area contributed by atoms with E-state index in [0.717, 1.165) is 54.8 Å². The maximum absolute atomic E-state index is 13.3. The second-order valence-electron chi connectivity index (χ2n) is 13.2. The number of aromatic carboxylic acids is 2. The summed E-state index contributed by atoms with van der Waals surface area (Å²) in [5.41, 5.74) is 17.2. The molecule has 7 rings (SSSR count). The molecule has 2 saturated heterocycles. The van der Waals surface area contributed by atoms with E-state index in [1.54, 1.807) is 30.3 Å². The Morgan fingerprint density at radius 3 is 1.86 bits per heavy atom. The number of rotatable bonds is 8. The predicted molar refractivity (Wildman–Crippen MR) is 211 cm³/mol. The van der Waals surface area contributed by atoms with Crippen LogP contribution in [0.4, 0.5) is 41.6 Å². The van der Waals surface area contributed by atoms with Gasteiger partial charge < -0.3 is 50.4 Å². The molecule has 0 spiro atoms. The van der Waals surface area contributed by atoms with Crippen molar-refractivity contribution in [1.82, 2.24) is 0 Å². The van der Waals surface area contributed by atoms with Crippen LogP contribution in [0, 0.1) is 6.92 Å². The number of carboxylic acid groups (broad SMARTS) is 2. The molecule has 6 N–H and O–H groups in total. The van der Waals surface area contributed by atoms with E-state index in [2.05, 4.69) is 35.0 Å². The van der Waals surface area contributed by atoms with E-state index in [4.69, 9.17) is 35.5 Å². The predicted octanol–water partition coefficient (Wildman–Crippen LogP) is 6.59. The van der Waals surface area contributed by atoms with E-state index in [9.17, 15) is 27.9 Å². The molecule has 3 aliphatic heterocycles. The second kappa shape index (κ2) is 19.0. The van der Waals surface area contributed by atoms with E-state index in [0.29, 0.717) is 49.8 Å². The minimum Gasteiger partial charge on any atom is -0.478 e. The number of hydrogen-bond acceptors (Lipinski definition) is 11. The SMILES string of the molecule is COC(OC)c1ccc(N2CCOCC2)cc1C(F)(F)F.Cc1cc(N2CCOCC2)ccc1C1=Nc2c(cccc2C(=O)O)C1.Nc1cccc(C(=O)O)c1N. The molecule has 0 bridgehead atoms. The van der Waals surface area contributed by atoms with E-state index >= 15 is 0 Å². The number of nitrogens with zero attached hydrogens (tertiary/aromatic N) is 3. The third-order valence-electron chi connectivity index (χ3n) is 9.62. The van der Waals surface area contributed by atoms with Crippen LogP contribution in [0.5, 0.6) is 0 Å². The van der Waals surface area contributed by atoms with Crippen LogP contribution in [0.3, 0.4) is 0 Å². The number of anilines is 4. The lowest BCUT2D eigenvalue weighted by Crippen LogP contribution is -2.36. The van der Waals surface area contributed by atoms with Gasteiger partial charge in [-0.3, -0.25) is 4.99 Å². The van der Waals surface area contributed by atoms with Crippen molar-refractivity contribution >= 4 is 46.1 Å². The Labute approximate surface area is 328 Å². The molecule has 0 atom stereocenters. The number of carboxylic acids is 2. The van der Waals surface area contributed by atoms with Gasteiger partial charge in [-0.05, 0) is 66.1 Å². The number of fused-ring (bicyclic) bond motifs is 1. The molecule has 3 heterocycles. The number of methoxy groups -OCH3 is 2. The molecule has 4 aromatic carbocycles. The van der Waals surface area contributed by atoms with Crippen LogP contribution >= 0.6 is 0 Å². The molecule has 304 valence electrons. The number of nitrogen functional groups attached to an aromatic ring is 2. The quantitative estimate of drug-likeness (QED) is 0.111. The Kier molecular flexibility index (Phi) is 14.1. The highest BCUT2D eigenvalue weighted by Crippen LogP contribution is 2.38. The molecular weight excluding hydrogens is 747 g/mol. The van der Waals surface area contributed by atoms with E-state index < -0.39 is 30.0 Å². The zero-order valence-corrected chi connectivity index (χ0v) is 31.8. The van der Waals surface area contributed by atoms with Gasteiger partial charge in [-0.2, -0.15) is 13.2 Å². The maximum Gasteiger partial charge on any atom is 0.416 e. The summed E-state index contributed by atoms with van der Waals surface area (Å²) in [5.74, 6) is -1.99. The summed E-state index contributed by atoms with van der Waals surface area (Å²) in [7, 11) is 2.62. The first-order valence-corrected chi connectivity index (χ1v) is 18.1. The van der Waals surface area contributed by atoms with Gasteiger partial charge in [0.2, 0.25) is 0 Å². The van der Waals surface area contributed by atoms with Gasteiger partial charge in [0.1, 0.15) is 0 Å². The largest absolute Gasteiger partial charge is 0.478 e. The summed E-state index contributed by atoms with van der Waals surface area (Å²) < 4.78 is 60.4. The van der Waals surface area contributed by atoms with Crippen LogP contribution in [0.1, 0.15) is 54.8 Å². The molecule has 0 saturated carbocycles. The molecule has 57 heavy (non-hydrogen) atoms. The van der Waals surface area contributed by atoms with Gasteiger partial charge in [-0.25, -0.2) is 9.59 Å². The lowest BCUT2D eigenvalue weighted by Gasteiger charge is -2.30. The molecule has 0 aromatic heterocycles. The number of nitrogens with two attached hydrogens (primary N) is 2. The summed E-state index contributed by atoms with van der Waals surface area (Å²) in [6.07, 6.45) is -4.83. The number of morpholine rings is 2. The number of alkyl halides is 3. The fraction of sp³-hybridized carbons (Fsp3) is 0.341. The normalized spacial score (nSPS) is 15.2. The first kappa shape index (κ1) is 42.5. The summed E-state index contributed by atoms with van der Waals surface area (Å²) in [5, 5.41) is 17.9. The van der Waals surface area contributed by atoms with Gasteiger partial charge in [-0.1, -0.05) is 30.3 Å². The molecule has 3 aliphatic rings. The molecular formula is C41H46F3N5O8. The highest BCUT2D eigenvalue weighted by molar-refractivity contribution is 6.10. The lowest BCUT2D eigenvalue weighted by molar-refractivity contribution is -0.147. The van der Waals surface area contributed by atoms with Gasteiger partial charge in [0, 0.05) is 63.8 Å². The van der Waals surface area contributed by atoms with Crippen LogP contribution < -0.4 is 21.3 Å². The van der Waals surface area contributed by atoms with Crippen LogP contribution in [0.25, 0.3) is 0 Å². The Morgan fingerprint density at radius 1 is 0.789 bits per heavy atom. The van der Waals surface area contributed by atoms with Crippen molar-refractivity contribution in [3.05, 3.63) is 112 Å². The highest BCUT2D eigenvalue weighted by Gasteiger charge is 2.36. The summed E-state index contributed by atoms with van der Waals surface area (Å²) >= 11 is 0. The summed E-state index contributed by atoms with van der Waals surface area (Å²) in [6, 6.07) is 20.5. The Balaban J connectivity index is 0.000000175. The fourth-order valence-electron chi connectivity index (χ4n) is 6.67. The van der Waals surface area contributed by atoms with Gasteiger partial charge in [0.15, 0.2) is 6.29 Å². The zero-order valence-electron chi connectivity index (χ0n) is 31.8. The van der Waals surface area contributed by atoms with E-state index in [-0.39, 0.29) is 22.4 Å². The van der Waals surface area contributed by atoms with E-state index in [1.807, 2.05) is 11.0 Å². The van der Waals surface area contributed by atoms with Crippen molar-refractivity contribution in [2.24, 2.45) is 4.99 Å². The number of hydrogen-bond donors (Lipinski definition) is 4. The number of aryl methyl sites for hydroxylation is 1. The second-order valence-corrected chi connectivity index (χ2v) is 13.2. The average molecular weight is 794 g/mol. The number of ether oxygens (including phenoxy) is 4. The molecule has 0 amide bonds. The van der Waals surface area contributed by atoms with Crippen LogP contribution in [0.2, 0.25) is 0 Å². The zero-order chi connectivity index (χ0) is 41.3. The molecule has 13 nitrogen and oxygen atoms in total. The van der Waals surface area contributed by atoms with Crippen LogP contribution in [-0.2, 0) is 31.5 Å². The third kappa shape index (κ3) is 10.4. The molecule has 0 radical (unpaired) electrons. The standard InChI is InChI=1S/C20H20N2O3.C14H18F3NO3.C7H8N2O2/c1-13-11-15(22-7-9-25-10-8-22)5-6-16(13)18-12-14-3-2-4-17(20(23)24)19(14)21-18;1-19-13(20-2)11-4-3-10(9-12(11)14(15,16)17)18-5-7-21-8-6-18;8-5-3-1-2-4(6(5)9)7(10)11/h2-6,11H,7-10,12H2,1H3,(H,23,24);3-4,9,13H,5-8H2,1-2H3;1-3H,8-9H2,(H,10,11). The number of benzene rings is 4. The summed E-state index contributed by atoms with van der Waals surface area (Å²) in [4.78, 5) is 30.7. The Morgan fingerprint density at radius 2 is 1.33 bits per heavy atom. The van der Waals surface area contributed by atoms with Gasteiger partial charge in [0.25, 0.3) is 0 Å².